The topological polar surface area (TPSA) is 71.0 Å². The Balaban J connectivity index is 1.74. The van der Waals surface area contributed by atoms with Gasteiger partial charge < -0.3 is 10.2 Å². The SMILES string of the molecule is O=C1CCN(c2cc(Nc3cccnc3)ncn2)CC1. The molecule has 0 unspecified atom stereocenters. The number of carbonyl (C=O) groups is 1. The number of Topliss-reactive ketones (excluding diaryl/α,β-unsaturated/α-hetero) is 1. The largest absolute Gasteiger partial charge is 0.356 e. The molecule has 0 atom stereocenters. The molecule has 0 amide bonds. The summed E-state index contributed by atoms with van der Waals surface area (Å²) >= 11 is 0. The number of hydrogen-bond acceptors (Lipinski definition) is 6. The van der Waals surface area contributed by atoms with E-state index in [1.54, 1.807) is 12.4 Å². The van der Waals surface area contributed by atoms with Crippen molar-refractivity contribution in [2.75, 3.05) is 23.3 Å². The first-order valence-electron chi connectivity index (χ1n) is 6.57. The van der Waals surface area contributed by atoms with Crippen LogP contribution in [0.15, 0.2) is 36.9 Å². The molecule has 3 rings (SSSR count). The molecule has 1 saturated heterocycles. The number of anilines is 3. The third-order valence-electron chi connectivity index (χ3n) is 3.23. The van der Waals surface area contributed by atoms with Crippen molar-refractivity contribution in [3.05, 3.63) is 36.9 Å². The summed E-state index contributed by atoms with van der Waals surface area (Å²) in [6.07, 6.45) is 6.18. The van der Waals surface area contributed by atoms with Gasteiger partial charge in [0.25, 0.3) is 0 Å². The van der Waals surface area contributed by atoms with Crippen molar-refractivity contribution in [1.82, 2.24) is 15.0 Å². The summed E-state index contributed by atoms with van der Waals surface area (Å²) in [6.45, 7) is 1.45. The molecule has 3 heterocycles. The van der Waals surface area contributed by atoms with E-state index >= 15 is 0 Å². The van der Waals surface area contributed by atoms with E-state index in [0.717, 1.165) is 30.4 Å². The second-order valence-corrected chi connectivity index (χ2v) is 4.65. The van der Waals surface area contributed by atoms with E-state index in [-0.39, 0.29) is 0 Å². The normalized spacial score (nSPS) is 15.2. The summed E-state index contributed by atoms with van der Waals surface area (Å²) in [5, 5.41) is 3.18. The monoisotopic (exact) mass is 269 g/mol. The molecule has 2 aromatic rings. The van der Waals surface area contributed by atoms with Crippen molar-refractivity contribution in [2.24, 2.45) is 0 Å². The number of nitrogens with one attached hydrogen (secondary N) is 1. The van der Waals surface area contributed by atoms with Crippen LogP contribution >= 0.6 is 0 Å². The van der Waals surface area contributed by atoms with E-state index in [4.69, 9.17) is 0 Å². The maximum Gasteiger partial charge on any atom is 0.136 e. The summed E-state index contributed by atoms with van der Waals surface area (Å²) in [5.41, 5.74) is 0.881. The van der Waals surface area contributed by atoms with Gasteiger partial charge >= 0.3 is 0 Å². The summed E-state index contributed by atoms with van der Waals surface area (Å²) in [5.74, 6) is 1.89. The lowest BCUT2D eigenvalue weighted by molar-refractivity contribution is -0.119. The molecule has 1 N–H and O–H groups in total. The molecule has 20 heavy (non-hydrogen) atoms. The van der Waals surface area contributed by atoms with E-state index < -0.39 is 0 Å². The highest BCUT2D eigenvalue weighted by molar-refractivity contribution is 5.80. The van der Waals surface area contributed by atoms with Gasteiger partial charge in [-0.15, -0.1) is 0 Å². The van der Waals surface area contributed by atoms with Crippen LogP contribution in [-0.2, 0) is 4.79 Å². The number of ketones is 1. The minimum atomic E-state index is 0.323. The van der Waals surface area contributed by atoms with Crippen molar-refractivity contribution in [2.45, 2.75) is 12.8 Å². The average Bonchev–Trinajstić information content (AvgIpc) is 2.49. The Kier molecular flexibility index (Phi) is 3.54. The molecule has 0 radical (unpaired) electrons. The lowest BCUT2D eigenvalue weighted by Crippen LogP contribution is -2.34. The highest BCUT2D eigenvalue weighted by atomic mass is 16.1. The van der Waals surface area contributed by atoms with Crippen LogP contribution in [0.4, 0.5) is 17.3 Å². The minimum Gasteiger partial charge on any atom is -0.356 e. The number of pyridine rings is 1. The Labute approximate surface area is 116 Å². The first kappa shape index (κ1) is 12.5. The van der Waals surface area contributed by atoms with Crippen LogP contribution in [0.5, 0.6) is 0 Å². The van der Waals surface area contributed by atoms with Crippen LogP contribution in [-0.4, -0.2) is 33.8 Å². The highest BCUT2D eigenvalue weighted by Crippen LogP contribution is 2.20. The van der Waals surface area contributed by atoms with Crippen LogP contribution in [0.25, 0.3) is 0 Å². The van der Waals surface area contributed by atoms with Crippen LogP contribution in [0, 0.1) is 0 Å². The smallest absolute Gasteiger partial charge is 0.136 e. The fraction of sp³-hybridized carbons (Fsp3) is 0.286. The summed E-state index contributed by atoms with van der Waals surface area (Å²) in [6, 6.07) is 5.68. The summed E-state index contributed by atoms with van der Waals surface area (Å²) in [4.78, 5) is 25.9. The lowest BCUT2D eigenvalue weighted by Gasteiger charge is -2.27. The number of aromatic nitrogens is 3. The van der Waals surface area contributed by atoms with Crippen molar-refractivity contribution in [3.63, 3.8) is 0 Å². The molecule has 0 bridgehead atoms. The Morgan fingerprint density at radius 1 is 1.20 bits per heavy atom. The fourth-order valence-electron chi connectivity index (χ4n) is 2.16. The van der Waals surface area contributed by atoms with Crippen molar-refractivity contribution >= 4 is 23.1 Å². The first-order chi connectivity index (χ1) is 9.81. The molecule has 2 aromatic heterocycles. The number of nitrogens with zero attached hydrogens (tertiary/aromatic N) is 4. The molecule has 6 nitrogen and oxygen atoms in total. The number of rotatable bonds is 3. The average molecular weight is 269 g/mol. The van der Waals surface area contributed by atoms with E-state index in [2.05, 4.69) is 25.2 Å². The van der Waals surface area contributed by atoms with Crippen LogP contribution in [0.3, 0.4) is 0 Å². The molecular formula is C14H15N5O. The third kappa shape index (κ3) is 2.90. The molecule has 102 valence electrons. The van der Waals surface area contributed by atoms with Crippen molar-refractivity contribution in [1.29, 1.82) is 0 Å². The Morgan fingerprint density at radius 3 is 2.80 bits per heavy atom. The van der Waals surface area contributed by atoms with E-state index in [9.17, 15) is 4.79 Å². The zero-order valence-corrected chi connectivity index (χ0v) is 11.0. The van der Waals surface area contributed by atoms with Gasteiger partial charge in [0.05, 0.1) is 11.9 Å². The first-order valence-corrected chi connectivity index (χ1v) is 6.57. The van der Waals surface area contributed by atoms with Gasteiger partial charge in [-0.1, -0.05) is 0 Å². The standard InChI is InChI=1S/C14H15N5O/c20-12-3-6-19(7-4-12)14-8-13(16-10-17-14)18-11-2-1-5-15-9-11/h1-2,5,8-10H,3-4,6-7H2,(H,16,17,18). The van der Waals surface area contributed by atoms with Gasteiger partial charge in [-0.3, -0.25) is 9.78 Å². The quantitative estimate of drug-likeness (QED) is 0.916. The Bertz CT molecular complexity index is 592. The number of piperidine rings is 1. The molecule has 0 saturated carbocycles. The predicted molar refractivity (Wildman–Crippen MR) is 76.0 cm³/mol. The van der Waals surface area contributed by atoms with Crippen molar-refractivity contribution < 1.29 is 4.79 Å². The van der Waals surface area contributed by atoms with Crippen LogP contribution < -0.4 is 10.2 Å². The summed E-state index contributed by atoms with van der Waals surface area (Å²) in [7, 11) is 0. The van der Waals surface area contributed by atoms with Gasteiger partial charge in [0.2, 0.25) is 0 Å². The van der Waals surface area contributed by atoms with Crippen LogP contribution in [0.1, 0.15) is 12.8 Å². The molecule has 0 aliphatic carbocycles. The number of carbonyl (C=O) groups excluding carboxylic acids is 1. The maximum atomic E-state index is 11.3. The molecule has 0 aromatic carbocycles. The minimum absolute atomic E-state index is 0.323. The van der Waals surface area contributed by atoms with Gasteiger partial charge in [-0.2, -0.15) is 0 Å². The molecule has 6 heteroatoms. The third-order valence-corrected chi connectivity index (χ3v) is 3.23. The fourth-order valence-corrected chi connectivity index (χ4v) is 2.16. The molecule has 1 fully saturated rings. The highest BCUT2D eigenvalue weighted by Gasteiger charge is 2.17. The molecule has 1 aliphatic heterocycles. The Morgan fingerprint density at radius 2 is 2.05 bits per heavy atom. The molecule has 0 spiro atoms. The lowest BCUT2D eigenvalue weighted by atomic mass is 10.1. The van der Waals surface area contributed by atoms with Gasteiger partial charge in [0.1, 0.15) is 23.7 Å². The van der Waals surface area contributed by atoms with Crippen LogP contribution in [0.2, 0.25) is 0 Å². The maximum absolute atomic E-state index is 11.3. The van der Waals surface area contributed by atoms with E-state index in [0.29, 0.717) is 18.6 Å². The molecule has 1 aliphatic rings. The predicted octanol–water partition coefficient (Wildman–Crippen LogP) is 1.78. The van der Waals surface area contributed by atoms with Gasteiger partial charge in [0, 0.05) is 38.2 Å². The van der Waals surface area contributed by atoms with E-state index in [1.807, 2.05) is 18.2 Å². The number of hydrogen-bond donors (Lipinski definition) is 1. The van der Waals surface area contributed by atoms with Gasteiger partial charge in [0.15, 0.2) is 0 Å². The summed E-state index contributed by atoms with van der Waals surface area (Å²) < 4.78 is 0. The van der Waals surface area contributed by atoms with E-state index in [1.165, 1.54) is 6.33 Å². The zero-order valence-electron chi connectivity index (χ0n) is 11.0. The Hall–Kier alpha value is -2.50. The second kappa shape index (κ2) is 5.64. The van der Waals surface area contributed by atoms with Gasteiger partial charge in [-0.25, -0.2) is 9.97 Å². The van der Waals surface area contributed by atoms with Crippen molar-refractivity contribution in [3.8, 4) is 0 Å². The van der Waals surface area contributed by atoms with Gasteiger partial charge in [-0.05, 0) is 12.1 Å². The molecular weight excluding hydrogens is 254 g/mol. The second-order valence-electron chi connectivity index (χ2n) is 4.65. The zero-order chi connectivity index (χ0) is 13.8.